The first-order valence-corrected chi connectivity index (χ1v) is 10.0. The SMILES string of the molecule is CCC(C)c1ccc(NS(=O)(=O)c2ccc(CC(C)C)cc2)cc1. The van der Waals surface area contributed by atoms with Gasteiger partial charge >= 0.3 is 0 Å². The highest BCUT2D eigenvalue weighted by Crippen LogP contribution is 2.22. The molecule has 0 saturated carbocycles. The molecule has 2 aromatic rings. The van der Waals surface area contributed by atoms with Gasteiger partial charge in [-0.15, -0.1) is 0 Å². The summed E-state index contributed by atoms with van der Waals surface area (Å²) in [5.74, 6) is 1.03. The zero-order valence-corrected chi connectivity index (χ0v) is 15.7. The first-order valence-electron chi connectivity index (χ1n) is 8.53. The molecule has 1 atom stereocenters. The first kappa shape index (κ1) is 18.5. The van der Waals surface area contributed by atoms with Crippen molar-refractivity contribution in [3.05, 3.63) is 59.7 Å². The lowest BCUT2D eigenvalue weighted by Crippen LogP contribution is -2.13. The van der Waals surface area contributed by atoms with Gasteiger partial charge in [0.1, 0.15) is 0 Å². The van der Waals surface area contributed by atoms with Gasteiger partial charge in [0.05, 0.1) is 4.90 Å². The predicted octanol–water partition coefficient (Wildman–Crippen LogP) is 5.20. The number of nitrogens with one attached hydrogen (secondary N) is 1. The van der Waals surface area contributed by atoms with Crippen molar-refractivity contribution in [1.82, 2.24) is 0 Å². The average molecular weight is 346 g/mol. The molecule has 24 heavy (non-hydrogen) atoms. The van der Waals surface area contributed by atoms with Crippen molar-refractivity contribution >= 4 is 15.7 Å². The van der Waals surface area contributed by atoms with Crippen molar-refractivity contribution in [1.29, 1.82) is 0 Å². The molecule has 2 rings (SSSR count). The normalized spacial score (nSPS) is 13.0. The Labute approximate surface area is 146 Å². The molecule has 0 aliphatic rings. The Morgan fingerprint density at radius 1 is 0.917 bits per heavy atom. The minimum absolute atomic E-state index is 0.293. The van der Waals surface area contributed by atoms with E-state index in [-0.39, 0.29) is 0 Å². The summed E-state index contributed by atoms with van der Waals surface area (Å²) < 4.78 is 27.6. The molecule has 130 valence electrons. The lowest BCUT2D eigenvalue weighted by Gasteiger charge is -2.12. The van der Waals surface area contributed by atoms with Crippen LogP contribution in [0.15, 0.2) is 53.4 Å². The third kappa shape index (κ3) is 4.84. The maximum absolute atomic E-state index is 12.5. The third-order valence-corrected chi connectivity index (χ3v) is 5.62. The van der Waals surface area contributed by atoms with Crippen LogP contribution in [-0.2, 0) is 16.4 Å². The van der Waals surface area contributed by atoms with Crippen LogP contribution in [-0.4, -0.2) is 8.42 Å². The molecule has 1 N–H and O–H groups in total. The molecule has 1 unspecified atom stereocenters. The summed E-state index contributed by atoms with van der Waals surface area (Å²) in [6.07, 6.45) is 2.01. The second-order valence-corrected chi connectivity index (χ2v) is 8.46. The fourth-order valence-corrected chi connectivity index (χ4v) is 3.66. The number of benzene rings is 2. The van der Waals surface area contributed by atoms with Crippen LogP contribution in [0.3, 0.4) is 0 Å². The summed E-state index contributed by atoms with van der Waals surface area (Å²) in [7, 11) is -3.55. The summed E-state index contributed by atoms with van der Waals surface area (Å²) in [5, 5.41) is 0. The van der Waals surface area contributed by atoms with E-state index < -0.39 is 10.0 Å². The van der Waals surface area contributed by atoms with E-state index in [0.717, 1.165) is 18.4 Å². The van der Waals surface area contributed by atoms with Gasteiger partial charge in [-0.05, 0) is 60.1 Å². The molecule has 0 aliphatic carbocycles. The van der Waals surface area contributed by atoms with E-state index >= 15 is 0 Å². The molecule has 3 nitrogen and oxygen atoms in total. The molecular weight excluding hydrogens is 318 g/mol. The largest absolute Gasteiger partial charge is 0.280 e. The van der Waals surface area contributed by atoms with Gasteiger partial charge in [-0.3, -0.25) is 4.72 Å². The van der Waals surface area contributed by atoms with Gasteiger partial charge in [-0.1, -0.05) is 52.0 Å². The van der Waals surface area contributed by atoms with E-state index in [1.807, 2.05) is 36.4 Å². The molecule has 0 bridgehead atoms. The Hall–Kier alpha value is -1.81. The Bertz CT molecular complexity index is 747. The molecule has 4 heteroatoms. The van der Waals surface area contributed by atoms with Crippen LogP contribution in [0.4, 0.5) is 5.69 Å². The molecule has 0 radical (unpaired) electrons. The van der Waals surface area contributed by atoms with E-state index in [1.165, 1.54) is 5.56 Å². The van der Waals surface area contributed by atoms with Crippen molar-refractivity contribution in [3.8, 4) is 0 Å². The highest BCUT2D eigenvalue weighted by Gasteiger charge is 2.14. The third-order valence-electron chi connectivity index (χ3n) is 4.22. The molecular formula is C20H27NO2S. The zero-order chi connectivity index (χ0) is 17.7. The fraction of sp³-hybridized carbons (Fsp3) is 0.400. The van der Waals surface area contributed by atoms with Crippen molar-refractivity contribution < 1.29 is 8.42 Å². The highest BCUT2D eigenvalue weighted by atomic mass is 32.2. The summed E-state index contributed by atoms with van der Waals surface area (Å²) in [6.45, 7) is 8.60. The van der Waals surface area contributed by atoms with E-state index in [1.54, 1.807) is 12.1 Å². The lowest BCUT2D eigenvalue weighted by atomic mass is 9.99. The van der Waals surface area contributed by atoms with Gasteiger partial charge in [-0.2, -0.15) is 0 Å². The molecule has 0 amide bonds. The topological polar surface area (TPSA) is 46.2 Å². The second-order valence-electron chi connectivity index (χ2n) is 6.78. The Morgan fingerprint density at radius 2 is 1.50 bits per heavy atom. The van der Waals surface area contributed by atoms with Crippen LogP contribution in [0.1, 0.15) is 51.2 Å². The van der Waals surface area contributed by atoms with Crippen LogP contribution in [0.5, 0.6) is 0 Å². The van der Waals surface area contributed by atoms with Crippen LogP contribution in [0.2, 0.25) is 0 Å². The molecule has 0 fully saturated rings. The molecule has 0 aliphatic heterocycles. The average Bonchev–Trinajstić information content (AvgIpc) is 2.54. The summed E-state index contributed by atoms with van der Waals surface area (Å²) in [6, 6.07) is 14.7. The van der Waals surface area contributed by atoms with Crippen molar-refractivity contribution in [2.75, 3.05) is 4.72 Å². The van der Waals surface area contributed by atoms with E-state index in [0.29, 0.717) is 22.4 Å². The molecule has 2 aromatic carbocycles. The van der Waals surface area contributed by atoms with Gasteiger partial charge in [0.25, 0.3) is 10.0 Å². The standard InChI is InChI=1S/C20H27NO2S/c1-5-16(4)18-8-10-19(11-9-18)21-24(22,23)20-12-6-17(7-13-20)14-15(2)3/h6-13,15-16,21H,5,14H2,1-4H3. The van der Waals surface area contributed by atoms with E-state index in [2.05, 4.69) is 32.4 Å². The van der Waals surface area contributed by atoms with Crippen molar-refractivity contribution in [2.45, 2.75) is 51.3 Å². The quantitative estimate of drug-likeness (QED) is 0.749. The summed E-state index contributed by atoms with van der Waals surface area (Å²) in [4.78, 5) is 0.293. The van der Waals surface area contributed by atoms with Crippen LogP contribution in [0.25, 0.3) is 0 Å². The number of rotatable bonds is 7. The molecule has 0 saturated heterocycles. The monoisotopic (exact) mass is 345 g/mol. The minimum Gasteiger partial charge on any atom is -0.280 e. The maximum Gasteiger partial charge on any atom is 0.261 e. The number of anilines is 1. The number of hydrogen-bond acceptors (Lipinski definition) is 2. The van der Waals surface area contributed by atoms with Crippen LogP contribution < -0.4 is 4.72 Å². The predicted molar refractivity (Wildman–Crippen MR) is 101 cm³/mol. The zero-order valence-electron chi connectivity index (χ0n) is 14.9. The molecule has 0 aromatic heterocycles. The first-order chi connectivity index (χ1) is 11.3. The maximum atomic E-state index is 12.5. The molecule has 0 heterocycles. The van der Waals surface area contributed by atoms with Gasteiger partial charge in [-0.25, -0.2) is 8.42 Å². The summed E-state index contributed by atoms with van der Waals surface area (Å²) >= 11 is 0. The van der Waals surface area contributed by atoms with E-state index in [4.69, 9.17) is 0 Å². The van der Waals surface area contributed by atoms with E-state index in [9.17, 15) is 8.42 Å². The number of sulfonamides is 1. The van der Waals surface area contributed by atoms with Gasteiger partial charge < -0.3 is 0 Å². The lowest BCUT2D eigenvalue weighted by molar-refractivity contribution is 0.601. The Balaban J connectivity index is 2.13. The number of hydrogen-bond donors (Lipinski definition) is 1. The second kappa shape index (κ2) is 7.84. The van der Waals surface area contributed by atoms with Crippen LogP contribution >= 0.6 is 0 Å². The Morgan fingerprint density at radius 3 is 2.00 bits per heavy atom. The highest BCUT2D eigenvalue weighted by molar-refractivity contribution is 7.92. The van der Waals surface area contributed by atoms with Gasteiger partial charge in [0, 0.05) is 5.69 Å². The minimum atomic E-state index is -3.55. The summed E-state index contributed by atoms with van der Waals surface area (Å²) in [5.41, 5.74) is 2.97. The smallest absolute Gasteiger partial charge is 0.261 e. The van der Waals surface area contributed by atoms with Crippen molar-refractivity contribution in [3.63, 3.8) is 0 Å². The molecule has 0 spiro atoms. The van der Waals surface area contributed by atoms with Crippen molar-refractivity contribution in [2.24, 2.45) is 5.92 Å². The van der Waals surface area contributed by atoms with Gasteiger partial charge in [0.15, 0.2) is 0 Å². The van der Waals surface area contributed by atoms with Gasteiger partial charge in [0.2, 0.25) is 0 Å². The fourth-order valence-electron chi connectivity index (χ4n) is 2.61. The van der Waals surface area contributed by atoms with Crippen LogP contribution in [0, 0.1) is 5.92 Å². The Kier molecular flexibility index (Phi) is 6.05.